The van der Waals surface area contributed by atoms with E-state index in [1.165, 1.54) is 13.0 Å². The third-order valence-corrected chi connectivity index (χ3v) is 4.69. The van der Waals surface area contributed by atoms with Crippen molar-refractivity contribution in [3.8, 4) is 6.07 Å². The summed E-state index contributed by atoms with van der Waals surface area (Å²) in [5.74, 6) is -1.77. The summed E-state index contributed by atoms with van der Waals surface area (Å²) < 4.78 is 5.28. The lowest BCUT2D eigenvalue weighted by atomic mass is 10.1. The highest BCUT2D eigenvalue weighted by molar-refractivity contribution is 5.95. The van der Waals surface area contributed by atoms with Crippen LogP contribution in [-0.2, 0) is 25.7 Å². The molecule has 29 heavy (non-hydrogen) atoms. The minimum atomic E-state index is -1.02. The number of ether oxygens (including phenoxy) is 1. The van der Waals surface area contributed by atoms with Crippen molar-refractivity contribution >= 4 is 23.5 Å². The van der Waals surface area contributed by atoms with Crippen molar-refractivity contribution in [2.45, 2.75) is 26.0 Å². The van der Waals surface area contributed by atoms with E-state index in [1.807, 2.05) is 36.4 Å². The highest BCUT2D eigenvalue weighted by Crippen LogP contribution is 2.22. The van der Waals surface area contributed by atoms with Gasteiger partial charge in [0.15, 0.2) is 6.10 Å². The van der Waals surface area contributed by atoms with E-state index in [4.69, 9.17) is 10.00 Å². The molecule has 1 aliphatic heterocycles. The van der Waals surface area contributed by atoms with Crippen LogP contribution in [0.25, 0.3) is 0 Å². The van der Waals surface area contributed by atoms with Gasteiger partial charge in [0.25, 0.3) is 5.91 Å². The molecule has 0 aromatic heterocycles. The molecule has 0 unspecified atom stereocenters. The third kappa shape index (κ3) is 5.20. The highest BCUT2D eigenvalue weighted by atomic mass is 16.5. The lowest BCUT2D eigenvalue weighted by Crippen LogP contribution is -2.33. The lowest BCUT2D eigenvalue weighted by Gasteiger charge is -2.18. The van der Waals surface area contributed by atoms with Gasteiger partial charge in [-0.25, -0.2) is 0 Å². The summed E-state index contributed by atoms with van der Waals surface area (Å²) in [6.45, 7) is 2.18. The lowest BCUT2D eigenvalue weighted by molar-refractivity contribution is -0.157. The van der Waals surface area contributed by atoms with Gasteiger partial charge in [0.2, 0.25) is 5.91 Å². The fourth-order valence-electron chi connectivity index (χ4n) is 3.12. The number of nitrogens with zero attached hydrogens (tertiary/aromatic N) is 2. The molecule has 1 saturated heterocycles. The Morgan fingerprint density at radius 2 is 2.00 bits per heavy atom. The van der Waals surface area contributed by atoms with Crippen LogP contribution in [-0.4, -0.2) is 35.3 Å². The van der Waals surface area contributed by atoms with Gasteiger partial charge in [-0.3, -0.25) is 14.4 Å². The summed E-state index contributed by atoms with van der Waals surface area (Å²) in [6, 6.07) is 18.0. The fourth-order valence-corrected chi connectivity index (χ4v) is 3.12. The van der Waals surface area contributed by atoms with Crippen molar-refractivity contribution in [3.63, 3.8) is 0 Å². The Kier molecular flexibility index (Phi) is 6.25. The zero-order valence-electron chi connectivity index (χ0n) is 16.0. The van der Waals surface area contributed by atoms with Gasteiger partial charge >= 0.3 is 5.97 Å². The van der Waals surface area contributed by atoms with Gasteiger partial charge < -0.3 is 15.0 Å². The second-order valence-electron chi connectivity index (χ2n) is 6.92. The number of likely N-dealkylation sites (tertiary alicyclic amines) is 1. The topological polar surface area (TPSA) is 99.5 Å². The molecule has 2 aromatic carbocycles. The molecule has 2 atom stereocenters. The largest absolute Gasteiger partial charge is 0.452 e. The average molecular weight is 391 g/mol. The monoisotopic (exact) mass is 391 g/mol. The number of esters is 1. The summed E-state index contributed by atoms with van der Waals surface area (Å²) in [5.41, 5.74) is 1.85. The number of hydrogen-bond donors (Lipinski definition) is 1. The predicted molar refractivity (Wildman–Crippen MR) is 105 cm³/mol. The average Bonchev–Trinajstić information content (AvgIpc) is 3.09. The normalized spacial score (nSPS) is 16.8. The van der Waals surface area contributed by atoms with Crippen LogP contribution < -0.4 is 5.32 Å². The molecule has 148 valence electrons. The first kappa shape index (κ1) is 20.1. The van der Waals surface area contributed by atoms with E-state index in [0.29, 0.717) is 17.8 Å². The van der Waals surface area contributed by atoms with E-state index < -0.39 is 23.9 Å². The minimum Gasteiger partial charge on any atom is -0.452 e. The summed E-state index contributed by atoms with van der Waals surface area (Å²) in [5, 5.41) is 11.5. The quantitative estimate of drug-likeness (QED) is 0.763. The van der Waals surface area contributed by atoms with Crippen LogP contribution in [0.4, 0.5) is 5.69 Å². The molecule has 0 saturated carbocycles. The number of carbonyl (C=O) groups is 3. The zero-order chi connectivity index (χ0) is 20.8. The molecule has 7 heteroatoms. The summed E-state index contributed by atoms with van der Waals surface area (Å²) in [7, 11) is 0. The predicted octanol–water partition coefficient (Wildman–Crippen LogP) is 2.48. The zero-order valence-corrected chi connectivity index (χ0v) is 16.0. The molecule has 1 N–H and O–H groups in total. The van der Waals surface area contributed by atoms with Crippen LogP contribution in [0.5, 0.6) is 0 Å². The van der Waals surface area contributed by atoms with Gasteiger partial charge in [0, 0.05) is 25.2 Å². The summed E-state index contributed by atoms with van der Waals surface area (Å²) in [4.78, 5) is 38.6. The van der Waals surface area contributed by atoms with E-state index in [-0.39, 0.29) is 18.9 Å². The molecule has 0 radical (unpaired) electrons. The Balaban J connectivity index is 1.53. The number of hydrogen-bond acceptors (Lipinski definition) is 5. The molecule has 3 rings (SSSR count). The standard InChI is InChI=1S/C22H21N3O4/c1-15(21(27)24-19-9-5-8-17(10-19)12-23)29-22(28)18-11-20(26)25(14-18)13-16-6-3-2-4-7-16/h2-10,15,18H,11,13-14H2,1H3,(H,24,27)/t15-,18+/m1/s1. The Hall–Kier alpha value is -3.66. The molecule has 0 spiro atoms. The summed E-state index contributed by atoms with van der Waals surface area (Å²) in [6.07, 6.45) is -0.948. The van der Waals surface area contributed by atoms with Crippen LogP contribution in [0.3, 0.4) is 0 Å². The molecular weight excluding hydrogens is 370 g/mol. The number of rotatable bonds is 6. The van der Waals surface area contributed by atoms with Crippen molar-refractivity contribution in [1.82, 2.24) is 4.90 Å². The van der Waals surface area contributed by atoms with Crippen LogP contribution in [0.2, 0.25) is 0 Å². The second kappa shape index (κ2) is 9.02. The number of amides is 2. The van der Waals surface area contributed by atoms with Crippen LogP contribution in [0.15, 0.2) is 54.6 Å². The van der Waals surface area contributed by atoms with Crippen LogP contribution in [0.1, 0.15) is 24.5 Å². The maximum atomic E-state index is 12.4. The number of carbonyl (C=O) groups excluding carboxylic acids is 3. The van der Waals surface area contributed by atoms with E-state index in [1.54, 1.807) is 23.1 Å². The van der Waals surface area contributed by atoms with Gasteiger partial charge in [-0.1, -0.05) is 36.4 Å². The van der Waals surface area contributed by atoms with Gasteiger partial charge in [-0.05, 0) is 30.7 Å². The number of nitriles is 1. The first-order valence-corrected chi connectivity index (χ1v) is 9.29. The van der Waals surface area contributed by atoms with Crippen LogP contribution >= 0.6 is 0 Å². The molecule has 1 heterocycles. The van der Waals surface area contributed by atoms with Crippen molar-refractivity contribution in [2.24, 2.45) is 5.92 Å². The first-order valence-electron chi connectivity index (χ1n) is 9.29. The Morgan fingerprint density at radius 3 is 2.72 bits per heavy atom. The first-order chi connectivity index (χ1) is 14.0. The van der Waals surface area contributed by atoms with Crippen molar-refractivity contribution in [2.75, 3.05) is 11.9 Å². The Bertz CT molecular complexity index is 952. The molecule has 2 aromatic rings. The molecule has 7 nitrogen and oxygen atoms in total. The number of nitrogens with one attached hydrogen (secondary N) is 1. The fraction of sp³-hybridized carbons (Fsp3) is 0.273. The molecular formula is C22H21N3O4. The third-order valence-electron chi connectivity index (χ3n) is 4.69. The SMILES string of the molecule is C[C@@H](OC(=O)[C@H]1CC(=O)N(Cc2ccccc2)C1)C(=O)Nc1cccc(C#N)c1. The molecule has 1 aliphatic rings. The van der Waals surface area contributed by atoms with E-state index in [9.17, 15) is 14.4 Å². The van der Waals surface area contributed by atoms with Crippen LogP contribution in [0, 0.1) is 17.2 Å². The molecule has 2 amide bonds. The second-order valence-corrected chi connectivity index (χ2v) is 6.92. The molecule has 0 aliphatic carbocycles. The van der Waals surface area contributed by atoms with E-state index >= 15 is 0 Å². The van der Waals surface area contributed by atoms with Crippen molar-refractivity contribution < 1.29 is 19.1 Å². The number of benzene rings is 2. The highest BCUT2D eigenvalue weighted by Gasteiger charge is 2.36. The number of anilines is 1. The summed E-state index contributed by atoms with van der Waals surface area (Å²) >= 11 is 0. The van der Waals surface area contributed by atoms with Gasteiger partial charge in [-0.2, -0.15) is 5.26 Å². The van der Waals surface area contributed by atoms with Gasteiger partial charge in [0.1, 0.15) is 0 Å². The van der Waals surface area contributed by atoms with Gasteiger partial charge in [0.05, 0.1) is 17.6 Å². The maximum absolute atomic E-state index is 12.4. The smallest absolute Gasteiger partial charge is 0.312 e. The maximum Gasteiger partial charge on any atom is 0.312 e. The van der Waals surface area contributed by atoms with Crippen molar-refractivity contribution in [3.05, 3.63) is 65.7 Å². The van der Waals surface area contributed by atoms with E-state index in [2.05, 4.69) is 5.32 Å². The Morgan fingerprint density at radius 1 is 1.24 bits per heavy atom. The van der Waals surface area contributed by atoms with E-state index in [0.717, 1.165) is 5.56 Å². The Labute approximate surface area is 168 Å². The minimum absolute atomic E-state index is 0.0736. The van der Waals surface area contributed by atoms with Crippen molar-refractivity contribution in [1.29, 1.82) is 5.26 Å². The molecule has 1 fully saturated rings. The molecule has 0 bridgehead atoms. The van der Waals surface area contributed by atoms with Gasteiger partial charge in [-0.15, -0.1) is 0 Å².